The standard InChI is InChI=1S/C16H12N4O2S/c1-23-16-12(10-17)14(18-15(21)13-8-5-9-22-13)19-20(16)11-6-3-2-4-7-11/h2-9H,1H3,(H,18,19,21). The average Bonchev–Trinajstić information content (AvgIpc) is 3.23. The molecule has 0 spiro atoms. The van der Waals surface area contributed by atoms with E-state index in [0.29, 0.717) is 10.6 Å². The summed E-state index contributed by atoms with van der Waals surface area (Å²) in [5.74, 6) is -0.0761. The number of hydrogen-bond acceptors (Lipinski definition) is 5. The molecular weight excluding hydrogens is 312 g/mol. The number of nitrogens with zero attached hydrogens (tertiary/aromatic N) is 3. The van der Waals surface area contributed by atoms with Crippen LogP contribution in [0.15, 0.2) is 58.2 Å². The fraction of sp³-hybridized carbons (Fsp3) is 0.0625. The lowest BCUT2D eigenvalue weighted by molar-refractivity contribution is 0.0996. The minimum absolute atomic E-state index is 0.161. The van der Waals surface area contributed by atoms with Crippen molar-refractivity contribution in [3.63, 3.8) is 0 Å². The zero-order chi connectivity index (χ0) is 16.2. The van der Waals surface area contributed by atoms with E-state index in [4.69, 9.17) is 4.42 Å². The van der Waals surface area contributed by atoms with Crippen molar-refractivity contribution in [2.24, 2.45) is 0 Å². The summed E-state index contributed by atoms with van der Waals surface area (Å²) < 4.78 is 6.69. The van der Waals surface area contributed by atoms with Gasteiger partial charge in [-0.15, -0.1) is 16.9 Å². The Morgan fingerprint density at radius 1 is 1.30 bits per heavy atom. The molecule has 114 valence electrons. The van der Waals surface area contributed by atoms with Gasteiger partial charge in [-0.3, -0.25) is 4.79 Å². The van der Waals surface area contributed by atoms with Gasteiger partial charge in [0.2, 0.25) is 0 Å². The van der Waals surface area contributed by atoms with E-state index < -0.39 is 5.91 Å². The number of hydrogen-bond donors (Lipinski definition) is 1. The van der Waals surface area contributed by atoms with Crippen molar-refractivity contribution >= 4 is 23.5 Å². The molecule has 7 heteroatoms. The summed E-state index contributed by atoms with van der Waals surface area (Å²) in [6, 6.07) is 14.7. The van der Waals surface area contributed by atoms with E-state index in [-0.39, 0.29) is 11.6 Å². The monoisotopic (exact) mass is 324 g/mol. The zero-order valence-electron chi connectivity index (χ0n) is 12.2. The molecule has 6 nitrogen and oxygen atoms in total. The molecule has 1 aromatic carbocycles. The van der Waals surface area contributed by atoms with Gasteiger partial charge in [-0.25, -0.2) is 4.68 Å². The van der Waals surface area contributed by atoms with E-state index in [9.17, 15) is 10.1 Å². The third kappa shape index (κ3) is 2.84. The molecule has 3 aromatic rings. The van der Waals surface area contributed by atoms with Crippen molar-refractivity contribution in [2.75, 3.05) is 11.6 Å². The molecule has 0 bridgehead atoms. The third-order valence-corrected chi connectivity index (χ3v) is 3.89. The Balaban J connectivity index is 2.03. The van der Waals surface area contributed by atoms with Crippen LogP contribution < -0.4 is 5.32 Å². The van der Waals surface area contributed by atoms with Gasteiger partial charge in [0.15, 0.2) is 11.6 Å². The summed E-state index contributed by atoms with van der Waals surface area (Å²) in [4.78, 5) is 12.1. The van der Waals surface area contributed by atoms with Gasteiger partial charge >= 0.3 is 0 Å². The highest BCUT2D eigenvalue weighted by atomic mass is 32.2. The topological polar surface area (TPSA) is 83.8 Å². The number of nitrogens with one attached hydrogen (secondary N) is 1. The van der Waals surface area contributed by atoms with Crippen LogP contribution in [-0.2, 0) is 0 Å². The Kier molecular flexibility index (Phi) is 4.17. The van der Waals surface area contributed by atoms with E-state index >= 15 is 0 Å². The number of para-hydroxylation sites is 1. The van der Waals surface area contributed by atoms with E-state index in [2.05, 4.69) is 16.5 Å². The number of thioether (sulfide) groups is 1. The maximum atomic E-state index is 12.1. The van der Waals surface area contributed by atoms with Crippen LogP contribution in [-0.4, -0.2) is 21.9 Å². The predicted octanol–water partition coefficient (Wildman–Crippen LogP) is 3.31. The summed E-state index contributed by atoms with van der Waals surface area (Å²) in [7, 11) is 0. The first-order chi connectivity index (χ1) is 11.2. The molecule has 1 amide bonds. The molecule has 0 aliphatic heterocycles. The maximum Gasteiger partial charge on any atom is 0.292 e. The first-order valence-corrected chi connectivity index (χ1v) is 7.94. The van der Waals surface area contributed by atoms with Crippen LogP contribution in [0.25, 0.3) is 5.69 Å². The minimum atomic E-state index is -0.447. The molecule has 0 saturated carbocycles. The van der Waals surface area contributed by atoms with Crippen LogP contribution in [0.2, 0.25) is 0 Å². The number of aromatic nitrogens is 2. The second kappa shape index (κ2) is 6.42. The number of amides is 1. The van der Waals surface area contributed by atoms with Gasteiger partial charge in [0, 0.05) is 0 Å². The van der Waals surface area contributed by atoms with E-state index in [1.165, 1.54) is 18.0 Å². The van der Waals surface area contributed by atoms with Gasteiger partial charge in [-0.1, -0.05) is 18.2 Å². The summed E-state index contributed by atoms with van der Waals surface area (Å²) in [5.41, 5.74) is 1.13. The van der Waals surface area contributed by atoms with Gasteiger partial charge in [-0.2, -0.15) is 5.26 Å². The molecule has 0 saturated heterocycles. The number of carbonyl (C=O) groups excluding carboxylic acids is 1. The Morgan fingerprint density at radius 3 is 2.70 bits per heavy atom. The van der Waals surface area contributed by atoms with E-state index in [0.717, 1.165) is 5.69 Å². The highest BCUT2D eigenvalue weighted by Gasteiger charge is 2.21. The van der Waals surface area contributed by atoms with Gasteiger partial charge in [0.1, 0.15) is 16.7 Å². The molecule has 2 heterocycles. The molecular formula is C16H12N4O2S. The summed E-state index contributed by atoms with van der Waals surface area (Å²) in [6.07, 6.45) is 3.27. The number of nitriles is 1. The second-order valence-corrected chi connectivity index (χ2v) is 5.32. The summed E-state index contributed by atoms with van der Waals surface area (Å²) >= 11 is 1.39. The predicted molar refractivity (Wildman–Crippen MR) is 86.7 cm³/mol. The number of rotatable bonds is 4. The molecule has 0 radical (unpaired) electrons. The normalized spacial score (nSPS) is 10.3. The van der Waals surface area contributed by atoms with Gasteiger partial charge in [0.25, 0.3) is 5.91 Å². The first kappa shape index (κ1) is 14.9. The largest absolute Gasteiger partial charge is 0.459 e. The van der Waals surface area contributed by atoms with Crippen molar-refractivity contribution in [3.8, 4) is 11.8 Å². The maximum absolute atomic E-state index is 12.1. The Hall–Kier alpha value is -2.98. The van der Waals surface area contributed by atoms with Gasteiger partial charge in [-0.05, 0) is 30.5 Å². The van der Waals surface area contributed by atoms with Crippen molar-refractivity contribution in [1.29, 1.82) is 5.26 Å². The molecule has 2 aromatic heterocycles. The molecule has 3 rings (SSSR count). The van der Waals surface area contributed by atoms with Gasteiger partial charge < -0.3 is 9.73 Å². The molecule has 1 N–H and O–H groups in total. The Morgan fingerprint density at radius 2 is 2.09 bits per heavy atom. The molecule has 0 aliphatic rings. The number of benzene rings is 1. The smallest absolute Gasteiger partial charge is 0.292 e. The average molecular weight is 324 g/mol. The molecule has 0 unspecified atom stereocenters. The fourth-order valence-electron chi connectivity index (χ4n) is 2.10. The number of furan rings is 1. The Labute approximate surface area is 136 Å². The van der Waals surface area contributed by atoms with Crippen LogP contribution >= 0.6 is 11.8 Å². The van der Waals surface area contributed by atoms with Crippen molar-refractivity contribution in [3.05, 3.63) is 60.1 Å². The van der Waals surface area contributed by atoms with Crippen LogP contribution in [0.1, 0.15) is 16.1 Å². The van der Waals surface area contributed by atoms with Crippen LogP contribution in [0.5, 0.6) is 0 Å². The highest BCUT2D eigenvalue weighted by molar-refractivity contribution is 7.98. The Bertz CT molecular complexity index is 864. The summed E-state index contributed by atoms with van der Waals surface area (Å²) in [5, 5.41) is 17.1. The van der Waals surface area contributed by atoms with E-state index in [1.807, 2.05) is 36.6 Å². The zero-order valence-corrected chi connectivity index (χ0v) is 13.0. The quantitative estimate of drug-likeness (QED) is 0.744. The SMILES string of the molecule is CSc1c(C#N)c(NC(=O)c2ccco2)nn1-c1ccccc1. The van der Waals surface area contributed by atoms with Crippen molar-refractivity contribution < 1.29 is 9.21 Å². The second-order valence-electron chi connectivity index (χ2n) is 4.52. The molecule has 0 fully saturated rings. The molecule has 0 aliphatic carbocycles. The summed E-state index contributed by atoms with van der Waals surface area (Å²) in [6.45, 7) is 0. The fourth-order valence-corrected chi connectivity index (χ4v) is 2.77. The first-order valence-electron chi connectivity index (χ1n) is 6.72. The van der Waals surface area contributed by atoms with Crippen LogP contribution in [0.3, 0.4) is 0 Å². The highest BCUT2D eigenvalue weighted by Crippen LogP contribution is 2.29. The number of anilines is 1. The van der Waals surface area contributed by atoms with Crippen LogP contribution in [0, 0.1) is 11.3 Å². The van der Waals surface area contributed by atoms with Gasteiger partial charge in [0.05, 0.1) is 12.0 Å². The van der Waals surface area contributed by atoms with Crippen LogP contribution in [0.4, 0.5) is 5.82 Å². The third-order valence-electron chi connectivity index (χ3n) is 3.13. The van der Waals surface area contributed by atoms with Crippen molar-refractivity contribution in [2.45, 2.75) is 5.03 Å². The lowest BCUT2D eigenvalue weighted by Crippen LogP contribution is -2.12. The molecule has 0 atom stereocenters. The minimum Gasteiger partial charge on any atom is -0.459 e. The van der Waals surface area contributed by atoms with E-state index in [1.54, 1.807) is 16.8 Å². The lowest BCUT2D eigenvalue weighted by Gasteiger charge is -2.04. The lowest BCUT2D eigenvalue weighted by atomic mass is 10.3. The molecule has 23 heavy (non-hydrogen) atoms. The number of carbonyl (C=O) groups is 1. The van der Waals surface area contributed by atoms with Crippen molar-refractivity contribution in [1.82, 2.24) is 9.78 Å².